The Hall–Kier alpha value is -2.78. The van der Waals surface area contributed by atoms with Crippen molar-refractivity contribution in [1.82, 2.24) is 0 Å². The molecule has 4 heteroatoms. The van der Waals surface area contributed by atoms with Crippen LogP contribution in [0.5, 0.6) is 5.75 Å². The van der Waals surface area contributed by atoms with Crippen molar-refractivity contribution in [2.75, 3.05) is 5.32 Å². The molecule has 0 aliphatic carbocycles. The van der Waals surface area contributed by atoms with Gasteiger partial charge in [-0.1, -0.05) is 41.9 Å². The normalized spacial score (nSPS) is 10.3. The fourth-order valence-corrected chi connectivity index (χ4v) is 2.58. The molecule has 3 nitrogen and oxygen atoms in total. The minimum absolute atomic E-state index is 0.173. The molecule has 0 aromatic heterocycles. The zero-order valence-electron chi connectivity index (χ0n) is 13.8. The van der Waals surface area contributed by atoms with Crippen molar-refractivity contribution in [3.05, 3.63) is 94.5 Å². The molecule has 0 saturated carbocycles. The van der Waals surface area contributed by atoms with Crippen LogP contribution in [0.25, 0.3) is 0 Å². The lowest BCUT2D eigenvalue weighted by atomic mass is 10.1. The number of halogens is 1. The van der Waals surface area contributed by atoms with E-state index in [0.29, 0.717) is 22.9 Å². The maximum Gasteiger partial charge on any atom is 0.255 e. The molecule has 126 valence electrons. The van der Waals surface area contributed by atoms with E-state index in [4.69, 9.17) is 16.3 Å². The number of carbonyl (C=O) groups is 1. The Labute approximate surface area is 152 Å². The number of hydrogen-bond donors (Lipinski definition) is 1. The van der Waals surface area contributed by atoms with Gasteiger partial charge < -0.3 is 10.1 Å². The molecule has 0 heterocycles. The molecule has 0 aliphatic rings. The molecule has 0 fully saturated rings. The summed E-state index contributed by atoms with van der Waals surface area (Å²) in [6.07, 6.45) is 0. The third-order valence-electron chi connectivity index (χ3n) is 3.69. The maximum atomic E-state index is 12.3. The van der Waals surface area contributed by atoms with E-state index in [-0.39, 0.29) is 5.91 Å². The number of carbonyl (C=O) groups excluding carboxylic acids is 1. The van der Waals surface area contributed by atoms with Gasteiger partial charge in [0.15, 0.2) is 0 Å². The average molecular weight is 352 g/mol. The van der Waals surface area contributed by atoms with Crippen molar-refractivity contribution in [3.63, 3.8) is 0 Å². The Balaban J connectivity index is 1.60. The predicted octanol–water partition coefficient (Wildman–Crippen LogP) is 5.48. The van der Waals surface area contributed by atoms with Gasteiger partial charge in [-0.05, 0) is 60.5 Å². The van der Waals surface area contributed by atoms with Gasteiger partial charge in [-0.15, -0.1) is 0 Å². The summed E-state index contributed by atoms with van der Waals surface area (Å²) in [5.74, 6) is 0.663. The second kappa shape index (κ2) is 7.86. The summed E-state index contributed by atoms with van der Waals surface area (Å²) in [6, 6.07) is 22.3. The smallest absolute Gasteiger partial charge is 0.255 e. The van der Waals surface area contributed by atoms with Crippen molar-refractivity contribution in [2.45, 2.75) is 13.5 Å². The van der Waals surface area contributed by atoms with Crippen LogP contribution >= 0.6 is 11.6 Å². The number of aryl methyl sites for hydroxylation is 1. The molecular weight excluding hydrogens is 334 g/mol. The van der Waals surface area contributed by atoms with Crippen molar-refractivity contribution in [1.29, 1.82) is 0 Å². The Morgan fingerprint density at radius 3 is 2.48 bits per heavy atom. The lowest BCUT2D eigenvalue weighted by Crippen LogP contribution is -2.11. The number of rotatable bonds is 5. The second-order valence-electron chi connectivity index (χ2n) is 5.77. The summed E-state index contributed by atoms with van der Waals surface area (Å²) in [5.41, 5.74) is 3.41. The molecule has 0 atom stereocenters. The molecule has 25 heavy (non-hydrogen) atoms. The summed E-state index contributed by atoms with van der Waals surface area (Å²) in [5, 5.41) is 3.41. The van der Waals surface area contributed by atoms with Gasteiger partial charge in [-0.25, -0.2) is 0 Å². The monoisotopic (exact) mass is 351 g/mol. The number of anilines is 1. The maximum absolute atomic E-state index is 12.3. The van der Waals surface area contributed by atoms with Crippen LogP contribution in [0.2, 0.25) is 5.02 Å². The van der Waals surface area contributed by atoms with E-state index < -0.39 is 0 Å². The van der Waals surface area contributed by atoms with Crippen molar-refractivity contribution in [2.24, 2.45) is 0 Å². The molecule has 0 bridgehead atoms. The molecular formula is C21H18ClNO2. The summed E-state index contributed by atoms with van der Waals surface area (Å²) >= 11 is 5.92. The highest BCUT2D eigenvalue weighted by Crippen LogP contribution is 2.17. The highest BCUT2D eigenvalue weighted by Gasteiger charge is 2.06. The molecule has 0 unspecified atom stereocenters. The van der Waals surface area contributed by atoms with E-state index in [0.717, 1.165) is 16.9 Å². The van der Waals surface area contributed by atoms with Crippen LogP contribution in [0.4, 0.5) is 5.69 Å². The van der Waals surface area contributed by atoms with Gasteiger partial charge in [-0.3, -0.25) is 4.79 Å². The minimum Gasteiger partial charge on any atom is -0.489 e. The van der Waals surface area contributed by atoms with Crippen molar-refractivity contribution in [3.8, 4) is 5.75 Å². The van der Waals surface area contributed by atoms with E-state index >= 15 is 0 Å². The highest BCUT2D eigenvalue weighted by atomic mass is 35.5. The molecule has 0 radical (unpaired) electrons. The van der Waals surface area contributed by atoms with Crippen LogP contribution in [0, 0.1) is 6.92 Å². The Morgan fingerprint density at radius 2 is 1.76 bits per heavy atom. The first-order chi connectivity index (χ1) is 12.1. The molecule has 3 rings (SSSR count). The largest absolute Gasteiger partial charge is 0.489 e. The van der Waals surface area contributed by atoms with Crippen LogP contribution in [0.1, 0.15) is 21.5 Å². The van der Waals surface area contributed by atoms with Crippen molar-refractivity contribution < 1.29 is 9.53 Å². The third-order valence-corrected chi connectivity index (χ3v) is 3.93. The van der Waals surface area contributed by atoms with Gasteiger partial charge in [0, 0.05) is 16.3 Å². The van der Waals surface area contributed by atoms with Crippen LogP contribution in [0.15, 0.2) is 72.8 Å². The molecule has 3 aromatic rings. The van der Waals surface area contributed by atoms with E-state index in [1.54, 1.807) is 36.4 Å². The fourth-order valence-electron chi connectivity index (χ4n) is 2.39. The van der Waals surface area contributed by atoms with Crippen LogP contribution in [0.3, 0.4) is 0 Å². The van der Waals surface area contributed by atoms with Crippen LogP contribution in [-0.2, 0) is 6.61 Å². The van der Waals surface area contributed by atoms with E-state index in [9.17, 15) is 4.79 Å². The van der Waals surface area contributed by atoms with Gasteiger partial charge in [0.25, 0.3) is 5.91 Å². The van der Waals surface area contributed by atoms with Crippen molar-refractivity contribution >= 4 is 23.2 Å². The lowest BCUT2D eigenvalue weighted by Gasteiger charge is -2.08. The van der Waals surface area contributed by atoms with Gasteiger partial charge in [-0.2, -0.15) is 0 Å². The molecule has 1 N–H and O–H groups in total. The van der Waals surface area contributed by atoms with E-state index in [1.165, 1.54) is 0 Å². The lowest BCUT2D eigenvalue weighted by molar-refractivity contribution is 0.102. The first-order valence-corrected chi connectivity index (χ1v) is 8.33. The fraction of sp³-hybridized carbons (Fsp3) is 0.0952. The zero-order chi connectivity index (χ0) is 17.6. The molecule has 1 amide bonds. The van der Waals surface area contributed by atoms with E-state index in [1.807, 2.05) is 43.3 Å². The summed E-state index contributed by atoms with van der Waals surface area (Å²) in [6.45, 7) is 2.49. The summed E-state index contributed by atoms with van der Waals surface area (Å²) in [7, 11) is 0. The van der Waals surface area contributed by atoms with Gasteiger partial charge in [0.2, 0.25) is 0 Å². The molecule has 0 spiro atoms. The minimum atomic E-state index is -0.173. The Morgan fingerprint density at radius 1 is 1.00 bits per heavy atom. The first kappa shape index (κ1) is 17.1. The number of ether oxygens (including phenoxy) is 1. The summed E-state index contributed by atoms with van der Waals surface area (Å²) < 4.78 is 5.77. The third kappa shape index (κ3) is 4.85. The first-order valence-electron chi connectivity index (χ1n) is 7.95. The Kier molecular flexibility index (Phi) is 5.36. The highest BCUT2D eigenvalue weighted by molar-refractivity contribution is 6.30. The van der Waals surface area contributed by atoms with E-state index in [2.05, 4.69) is 5.32 Å². The Bertz CT molecular complexity index is 875. The number of hydrogen-bond acceptors (Lipinski definition) is 2. The second-order valence-corrected chi connectivity index (χ2v) is 6.20. The topological polar surface area (TPSA) is 38.3 Å². The number of nitrogens with one attached hydrogen (secondary N) is 1. The SMILES string of the molecule is Cc1cccc(OCc2ccc(C(=O)Nc3cccc(Cl)c3)cc2)c1. The van der Waals surface area contributed by atoms with Gasteiger partial charge >= 0.3 is 0 Å². The average Bonchev–Trinajstić information content (AvgIpc) is 2.60. The van der Waals surface area contributed by atoms with Crippen LogP contribution < -0.4 is 10.1 Å². The molecule has 0 saturated heterocycles. The standard InChI is InChI=1S/C21H18ClNO2/c1-15-4-2-7-20(12-15)25-14-16-8-10-17(11-9-16)21(24)23-19-6-3-5-18(22)13-19/h2-13H,14H2,1H3,(H,23,24). The zero-order valence-corrected chi connectivity index (χ0v) is 14.6. The van der Waals surface area contributed by atoms with Crippen LogP contribution in [-0.4, -0.2) is 5.91 Å². The molecule has 0 aliphatic heterocycles. The summed E-state index contributed by atoms with van der Waals surface area (Å²) in [4.78, 5) is 12.3. The van der Waals surface area contributed by atoms with Gasteiger partial charge in [0.1, 0.15) is 12.4 Å². The quantitative estimate of drug-likeness (QED) is 0.661. The van der Waals surface area contributed by atoms with Gasteiger partial charge in [0.05, 0.1) is 0 Å². The number of benzene rings is 3. The predicted molar refractivity (Wildman–Crippen MR) is 101 cm³/mol. The number of amides is 1. The molecule has 3 aromatic carbocycles.